The summed E-state index contributed by atoms with van der Waals surface area (Å²) in [5, 5.41) is 1.10. The predicted octanol–water partition coefficient (Wildman–Crippen LogP) is 3.61. The second kappa shape index (κ2) is 6.46. The zero-order chi connectivity index (χ0) is 9.84. The molecule has 2 N–H and O–H groups in total. The summed E-state index contributed by atoms with van der Waals surface area (Å²) in [6.07, 6.45) is 5.02. The molecule has 0 aliphatic carbocycles. The smallest absolute Gasteiger partial charge is 0.0651 e. The van der Waals surface area contributed by atoms with Crippen LogP contribution in [0.4, 0.5) is 0 Å². The number of hydrogen-bond acceptors (Lipinski definition) is 2. The van der Waals surface area contributed by atoms with Crippen LogP contribution in [0.3, 0.4) is 0 Å². The first-order valence-electron chi connectivity index (χ1n) is 4.21. The van der Waals surface area contributed by atoms with Crippen LogP contribution in [0.25, 0.3) is 0 Å². The van der Waals surface area contributed by atoms with Crippen LogP contribution >= 0.6 is 35.6 Å². The van der Waals surface area contributed by atoms with Gasteiger partial charge in [-0.3, -0.25) is 4.98 Å². The molecule has 14 heavy (non-hydrogen) atoms. The maximum Gasteiger partial charge on any atom is 0.0651 e. The molecule has 2 nitrogen and oxygen atoms in total. The van der Waals surface area contributed by atoms with Crippen LogP contribution in [0.15, 0.2) is 12.4 Å². The molecule has 1 aromatic rings. The lowest BCUT2D eigenvalue weighted by Crippen LogP contribution is -2.11. The fourth-order valence-corrected chi connectivity index (χ4v) is 1.88. The van der Waals surface area contributed by atoms with Gasteiger partial charge in [0.2, 0.25) is 0 Å². The number of pyridine rings is 1. The molecule has 1 atom stereocenters. The molecule has 0 saturated carbocycles. The summed E-state index contributed by atoms with van der Waals surface area (Å²) >= 11 is 11.9. The lowest BCUT2D eigenvalue weighted by molar-refractivity contribution is 0.638. The van der Waals surface area contributed by atoms with Gasteiger partial charge in [0, 0.05) is 24.0 Å². The molecule has 0 bridgehead atoms. The van der Waals surface area contributed by atoms with Gasteiger partial charge in [0.1, 0.15) is 0 Å². The average Bonchev–Trinajstić information content (AvgIpc) is 2.04. The molecule has 0 unspecified atom stereocenters. The number of aromatic nitrogens is 1. The minimum Gasteiger partial charge on any atom is -0.324 e. The Bertz CT molecular complexity index is 271. The molecule has 0 aliphatic heterocycles. The molecule has 1 aromatic heterocycles. The number of nitrogens with two attached hydrogens (primary N) is 1. The highest BCUT2D eigenvalue weighted by Crippen LogP contribution is 2.29. The second-order valence-electron chi connectivity index (χ2n) is 2.91. The Morgan fingerprint density at radius 2 is 1.86 bits per heavy atom. The van der Waals surface area contributed by atoms with Gasteiger partial charge in [-0.1, -0.05) is 36.5 Å². The van der Waals surface area contributed by atoms with Gasteiger partial charge in [-0.15, -0.1) is 12.4 Å². The van der Waals surface area contributed by atoms with Crippen LogP contribution in [-0.4, -0.2) is 4.98 Å². The van der Waals surface area contributed by atoms with E-state index in [4.69, 9.17) is 28.9 Å². The van der Waals surface area contributed by atoms with Gasteiger partial charge in [-0.2, -0.15) is 0 Å². The number of halogens is 3. The zero-order valence-corrected chi connectivity index (χ0v) is 10.2. The lowest BCUT2D eigenvalue weighted by atomic mass is 10.0. The summed E-state index contributed by atoms with van der Waals surface area (Å²) in [4.78, 5) is 3.87. The quantitative estimate of drug-likeness (QED) is 0.896. The van der Waals surface area contributed by atoms with E-state index >= 15 is 0 Å². The number of hydrogen-bond donors (Lipinski definition) is 1. The van der Waals surface area contributed by atoms with Gasteiger partial charge >= 0.3 is 0 Å². The predicted molar refractivity (Wildman–Crippen MR) is 63.3 cm³/mol. The van der Waals surface area contributed by atoms with E-state index in [0.717, 1.165) is 18.4 Å². The summed E-state index contributed by atoms with van der Waals surface area (Å²) in [5.74, 6) is 0. The van der Waals surface area contributed by atoms with Crippen molar-refractivity contribution in [2.75, 3.05) is 0 Å². The summed E-state index contributed by atoms with van der Waals surface area (Å²) in [6, 6.07) is -0.0898. The first-order valence-corrected chi connectivity index (χ1v) is 4.97. The fourth-order valence-electron chi connectivity index (χ4n) is 1.23. The van der Waals surface area contributed by atoms with Gasteiger partial charge in [-0.25, -0.2) is 0 Å². The van der Waals surface area contributed by atoms with Crippen LogP contribution in [0.1, 0.15) is 31.4 Å². The van der Waals surface area contributed by atoms with Crippen molar-refractivity contribution in [3.05, 3.63) is 28.0 Å². The van der Waals surface area contributed by atoms with Crippen LogP contribution in [0.5, 0.6) is 0 Å². The van der Waals surface area contributed by atoms with E-state index in [1.807, 2.05) is 0 Å². The zero-order valence-electron chi connectivity index (χ0n) is 7.84. The Balaban J connectivity index is 0.00000169. The third kappa shape index (κ3) is 3.28. The maximum absolute atomic E-state index is 5.93. The highest BCUT2D eigenvalue weighted by Gasteiger charge is 2.13. The number of rotatable bonds is 3. The van der Waals surface area contributed by atoms with Crippen molar-refractivity contribution in [3.8, 4) is 0 Å². The topological polar surface area (TPSA) is 38.9 Å². The highest BCUT2D eigenvalue weighted by molar-refractivity contribution is 6.35. The van der Waals surface area contributed by atoms with Gasteiger partial charge in [0.15, 0.2) is 0 Å². The molecule has 1 heterocycles. The van der Waals surface area contributed by atoms with Crippen molar-refractivity contribution in [1.29, 1.82) is 0 Å². The Labute approximate surface area is 100 Å². The van der Waals surface area contributed by atoms with Crippen LogP contribution in [0.2, 0.25) is 10.0 Å². The lowest BCUT2D eigenvalue weighted by Gasteiger charge is -2.13. The SMILES string of the molecule is CCC[C@H](N)c1c(Cl)cncc1Cl.Cl. The van der Waals surface area contributed by atoms with Crippen LogP contribution < -0.4 is 5.73 Å². The minimum absolute atomic E-state index is 0. The fraction of sp³-hybridized carbons (Fsp3) is 0.444. The minimum atomic E-state index is -0.0898. The summed E-state index contributed by atoms with van der Waals surface area (Å²) in [7, 11) is 0. The Morgan fingerprint density at radius 3 is 2.29 bits per heavy atom. The van der Waals surface area contributed by atoms with Gasteiger partial charge < -0.3 is 5.73 Å². The summed E-state index contributed by atoms with van der Waals surface area (Å²) in [5.41, 5.74) is 6.72. The van der Waals surface area contributed by atoms with E-state index in [9.17, 15) is 0 Å². The van der Waals surface area contributed by atoms with Crippen molar-refractivity contribution in [3.63, 3.8) is 0 Å². The number of nitrogens with zero attached hydrogens (tertiary/aromatic N) is 1. The molecule has 0 amide bonds. The normalized spacial score (nSPS) is 12.0. The third-order valence-corrected chi connectivity index (χ3v) is 2.46. The van der Waals surface area contributed by atoms with Crippen LogP contribution in [-0.2, 0) is 0 Å². The Hall–Kier alpha value is -0.0200. The first kappa shape index (κ1) is 14.0. The molecule has 0 radical (unpaired) electrons. The van der Waals surface area contributed by atoms with Gasteiger partial charge in [0.05, 0.1) is 10.0 Å². The van der Waals surface area contributed by atoms with Crippen molar-refractivity contribution >= 4 is 35.6 Å². The van der Waals surface area contributed by atoms with Crippen molar-refractivity contribution in [1.82, 2.24) is 4.98 Å². The standard InChI is InChI=1S/C9H12Cl2N2.ClH/c1-2-3-8(12)9-6(10)4-13-5-7(9)11;/h4-5,8H,2-3,12H2,1H3;1H/t8-;/m0./s1. The molecular weight excluding hydrogens is 242 g/mol. The highest BCUT2D eigenvalue weighted by atomic mass is 35.5. The second-order valence-corrected chi connectivity index (χ2v) is 3.73. The first-order chi connectivity index (χ1) is 6.16. The molecule has 0 saturated heterocycles. The Kier molecular flexibility index (Phi) is 6.45. The molecule has 5 heteroatoms. The van der Waals surface area contributed by atoms with E-state index in [1.165, 1.54) is 0 Å². The summed E-state index contributed by atoms with van der Waals surface area (Å²) in [6.45, 7) is 2.07. The molecule has 0 fully saturated rings. The molecule has 0 spiro atoms. The molecule has 1 rings (SSSR count). The van der Waals surface area contributed by atoms with Crippen molar-refractivity contribution in [2.45, 2.75) is 25.8 Å². The van der Waals surface area contributed by atoms with Crippen molar-refractivity contribution < 1.29 is 0 Å². The summed E-state index contributed by atoms with van der Waals surface area (Å²) < 4.78 is 0. The van der Waals surface area contributed by atoms with Crippen LogP contribution in [0, 0.1) is 0 Å². The van der Waals surface area contributed by atoms with E-state index in [2.05, 4.69) is 11.9 Å². The van der Waals surface area contributed by atoms with Crippen molar-refractivity contribution in [2.24, 2.45) is 5.73 Å². The van der Waals surface area contributed by atoms with E-state index in [1.54, 1.807) is 12.4 Å². The maximum atomic E-state index is 5.93. The van der Waals surface area contributed by atoms with E-state index < -0.39 is 0 Å². The monoisotopic (exact) mass is 254 g/mol. The molecular formula is C9H13Cl3N2. The van der Waals surface area contributed by atoms with Gasteiger partial charge in [0.25, 0.3) is 0 Å². The molecule has 0 aliphatic rings. The average molecular weight is 256 g/mol. The molecule has 80 valence electrons. The third-order valence-electron chi connectivity index (χ3n) is 1.86. The Morgan fingerprint density at radius 1 is 1.36 bits per heavy atom. The molecule has 0 aromatic carbocycles. The van der Waals surface area contributed by atoms with Gasteiger partial charge in [-0.05, 0) is 6.42 Å². The van der Waals surface area contributed by atoms with E-state index in [-0.39, 0.29) is 18.4 Å². The van der Waals surface area contributed by atoms with E-state index in [0.29, 0.717) is 10.0 Å². The largest absolute Gasteiger partial charge is 0.324 e.